The first-order chi connectivity index (χ1) is 9.15. The van der Waals surface area contributed by atoms with E-state index in [1.54, 1.807) is 0 Å². The van der Waals surface area contributed by atoms with E-state index >= 15 is 0 Å². The molecule has 0 saturated carbocycles. The molecule has 1 saturated heterocycles. The number of hydrogen-bond donors (Lipinski definition) is 2. The van der Waals surface area contributed by atoms with Crippen molar-refractivity contribution in [1.82, 2.24) is 10.2 Å². The maximum atomic E-state index is 11.8. The highest BCUT2D eigenvalue weighted by Crippen LogP contribution is 2.20. The largest absolute Gasteiger partial charge is 0.393 e. The Morgan fingerprint density at radius 3 is 2.89 bits per heavy atom. The summed E-state index contributed by atoms with van der Waals surface area (Å²) in [6.07, 6.45) is 2.57. The van der Waals surface area contributed by atoms with Crippen LogP contribution in [-0.2, 0) is 0 Å². The third kappa shape index (κ3) is 4.87. The zero-order chi connectivity index (χ0) is 13.7. The van der Waals surface area contributed by atoms with Crippen molar-refractivity contribution in [1.29, 1.82) is 0 Å². The fraction of sp³-hybridized carbons (Fsp3) is 0.615. The van der Waals surface area contributed by atoms with Crippen molar-refractivity contribution in [3.63, 3.8) is 0 Å². The molecule has 0 bridgehead atoms. The van der Waals surface area contributed by atoms with Gasteiger partial charge in [0.2, 0.25) is 0 Å². The van der Waals surface area contributed by atoms with Crippen LogP contribution in [0.25, 0.3) is 0 Å². The highest BCUT2D eigenvalue weighted by atomic mass is 79.9. The Bertz CT molecular complexity index is 417. The first-order valence-corrected chi connectivity index (χ1v) is 8.25. The molecule has 6 heteroatoms. The van der Waals surface area contributed by atoms with Gasteiger partial charge in [-0.1, -0.05) is 0 Å². The van der Waals surface area contributed by atoms with Crippen molar-refractivity contribution in [3.05, 3.63) is 20.8 Å². The lowest BCUT2D eigenvalue weighted by atomic mass is 10.1. The van der Waals surface area contributed by atoms with E-state index in [1.807, 2.05) is 11.4 Å². The molecule has 19 heavy (non-hydrogen) atoms. The number of aliphatic hydroxyl groups is 1. The van der Waals surface area contributed by atoms with Crippen LogP contribution < -0.4 is 5.32 Å². The van der Waals surface area contributed by atoms with Crippen molar-refractivity contribution in [2.75, 3.05) is 26.2 Å². The monoisotopic (exact) mass is 346 g/mol. The fourth-order valence-electron chi connectivity index (χ4n) is 2.18. The molecule has 1 aliphatic heterocycles. The number of nitrogens with one attached hydrogen (secondary N) is 1. The zero-order valence-electron chi connectivity index (χ0n) is 10.8. The summed E-state index contributed by atoms with van der Waals surface area (Å²) in [5, 5.41) is 14.2. The second-order valence-corrected chi connectivity index (χ2v) is 7.11. The van der Waals surface area contributed by atoms with Gasteiger partial charge in [-0.2, -0.15) is 0 Å². The number of carbonyl (C=O) groups excluding carboxylic acids is 1. The van der Waals surface area contributed by atoms with Crippen molar-refractivity contribution in [2.24, 2.45) is 0 Å². The first kappa shape index (κ1) is 15.0. The fourth-order valence-corrected chi connectivity index (χ4v) is 3.32. The molecule has 0 radical (unpaired) electrons. The maximum Gasteiger partial charge on any atom is 0.252 e. The van der Waals surface area contributed by atoms with Crippen LogP contribution in [0.1, 0.15) is 29.6 Å². The van der Waals surface area contributed by atoms with Crippen LogP contribution >= 0.6 is 27.3 Å². The van der Waals surface area contributed by atoms with Gasteiger partial charge in [-0.3, -0.25) is 4.79 Å². The Hall–Kier alpha value is -0.430. The number of carbonyl (C=O) groups is 1. The summed E-state index contributed by atoms with van der Waals surface area (Å²) in [7, 11) is 0. The molecule has 1 aromatic heterocycles. The number of piperidine rings is 1. The van der Waals surface area contributed by atoms with Gasteiger partial charge < -0.3 is 15.3 Å². The van der Waals surface area contributed by atoms with Crippen LogP contribution in [0.2, 0.25) is 0 Å². The summed E-state index contributed by atoms with van der Waals surface area (Å²) in [4.78, 5) is 14.1. The van der Waals surface area contributed by atoms with E-state index in [2.05, 4.69) is 26.1 Å². The van der Waals surface area contributed by atoms with Gasteiger partial charge in [0.05, 0.1) is 15.5 Å². The quantitative estimate of drug-likeness (QED) is 0.802. The molecule has 1 aliphatic rings. The molecule has 2 N–H and O–H groups in total. The third-order valence-corrected chi connectivity index (χ3v) is 4.83. The van der Waals surface area contributed by atoms with Crippen LogP contribution in [0.5, 0.6) is 0 Å². The average molecular weight is 347 g/mol. The number of rotatable bonds is 5. The molecule has 0 unspecified atom stereocenters. The minimum Gasteiger partial charge on any atom is -0.393 e. The van der Waals surface area contributed by atoms with Crippen LogP contribution in [0, 0.1) is 0 Å². The highest BCUT2D eigenvalue weighted by molar-refractivity contribution is 9.11. The van der Waals surface area contributed by atoms with Crippen molar-refractivity contribution < 1.29 is 9.90 Å². The molecule has 0 aliphatic carbocycles. The van der Waals surface area contributed by atoms with E-state index in [9.17, 15) is 9.90 Å². The lowest BCUT2D eigenvalue weighted by molar-refractivity contribution is 0.0816. The maximum absolute atomic E-state index is 11.8. The number of hydrogen-bond acceptors (Lipinski definition) is 4. The van der Waals surface area contributed by atoms with Gasteiger partial charge in [0, 0.05) is 25.0 Å². The van der Waals surface area contributed by atoms with E-state index < -0.39 is 0 Å². The number of aliphatic hydroxyl groups excluding tert-OH is 1. The molecule has 0 aromatic carbocycles. The van der Waals surface area contributed by atoms with Gasteiger partial charge in [0.1, 0.15) is 0 Å². The number of thiophene rings is 1. The summed E-state index contributed by atoms with van der Waals surface area (Å²) >= 11 is 4.87. The summed E-state index contributed by atoms with van der Waals surface area (Å²) < 4.78 is 0.976. The second kappa shape index (κ2) is 7.38. The molecule has 2 rings (SSSR count). The Labute approximate surface area is 125 Å². The normalized spacial score (nSPS) is 17.6. The third-order valence-electron chi connectivity index (χ3n) is 3.32. The van der Waals surface area contributed by atoms with Gasteiger partial charge in [-0.15, -0.1) is 11.3 Å². The Balaban J connectivity index is 1.60. The first-order valence-electron chi connectivity index (χ1n) is 6.58. The Morgan fingerprint density at radius 2 is 2.26 bits per heavy atom. The molecular formula is C13H19BrN2O2S. The van der Waals surface area contributed by atoms with Gasteiger partial charge in [-0.25, -0.2) is 0 Å². The Kier molecular flexibility index (Phi) is 5.81. The number of nitrogens with zero attached hydrogens (tertiary/aromatic N) is 1. The molecule has 1 fully saturated rings. The minimum absolute atomic E-state index is 0.00369. The van der Waals surface area contributed by atoms with E-state index in [-0.39, 0.29) is 12.0 Å². The average Bonchev–Trinajstić information content (AvgIpc) is 2.83. The second-order valence-electron chi connectivity index (χ2n) is 4.82. The van der Waals surface area contributed by atoms with E-state index in [4.69, 9.17) is 0 Å². The molecule has 2 heterocycles. The molecule has 4 nitrogen and oxygen atoms in total. The zero-order valence-corrected chi connectivity index (χ0v) is 13.2. The molecule has 0 atom stereocenters. The lowest BCUT2D eigenvalue weighted by Crippen LogP contribution is -2.37. The highest BCUT2D eigenvalue weighted by Gasteiger charge is 2.16. The lowest BCUT2D eigenvalue weighted by Gasteiger charge is -2.29. The summed E-state index contributed by atoms with van der Waals surface area (Å²) in [5.41, 5.74) is 0.720. The van der Waals surface area contributed by atoms with E-state index in [0.29, 0.717) is 6.54 Å². The summed E-state index contributed by atoms with van der Waals surface area (Å²) in [6.45, 7) is 3.62. The predicted octanol–water partition coefficient (Wildman–Crippen LogP) is 2.09. The summed E-state index contributed by atoms with van der Waals surface area (Å²) in [6, 6.07) is 1.84. The van der Waals surface area contributed by atoms with Gasteiger partial charge in [0.15, 0.2) is 0 Å². The van der Waals surface area contributed by atoms with Crippen LogP contribution in [0.15, 0.2) is 15.2 Å². The predicted molar refractivity (Wildman–Crippen MR) is 80.7 cm³/mol. The molecule has 0 spiro atoms. The van der Waals surface area contributed by atoms with Crippen molar-refractivity contribution in [2.45, 2.75) is 25.4 Å². The smallest absolute Gasteiger partial charge is 0.252 e. The number of halogens is 1. The number of amides is 1. The van der Waals surface area contributed by atoms with E-state index in [1.165, 1.54) is 11.3 Å². The molecule has 1 amide bonds. The van der Waals surface area contributed by atoms with Crippen molar-refractivity contribution >= 4 is 33.2 Å². The van der Waals surface area contributed by atoms with Gasteiger partial charge >= 0.3 is 0 Å². The molecule has 106 valence electrons. The van der Waals surface area contributed by atoms with Crippen LogP contribution in [0.3, 0.4) is 0 Å². The van der Waals surface area contributed by atoms with E-state index in [0.717, 1.165) is 48.2 Å². The summed E-state index contributed by atoms with van der Waals surface area (Å²) in [5.74, 6) is -0.00369. The SMILES string of the molecule is O=C(NCCCN1CCC(O)CC1)c1csc(Br)c1. The minimum atomic E-state index is -0.118. The van der Waals surface area contributed by atoms with Crippen LogP contribution in [-0.4, -0.2) is 48.2 Å². The molecule has 1 aromatic rings. The van der Waals surface area contributed by atoms with Crippen LogP contribution in [0.4, 0.5) is 0 Å². The topological polar surface area (TPSA) is 52.6 Å². The number of likely N-dealkylation sites (tertiary alicyclic amines) is 1. The van der Waals surface area contributed by atoms with Crippen molar-refractivity contribution in [3.8, 4) is 0 Å². The Morgan fingerprint density at radius 1 is 1.53 bits per heavy atom. The van der Waals surface area contributed by atoms with Gasteiger partial charge in [-0.05, 0) is 47.8 Å². The molecular weight excluding hydrogens is 328 g/mol. The standard InChI is InChI=1S/C13H19BrN2O2S/c14-12-8-10(9-19-12)13(18)15-4-1-5-16-6-2-11(17)3-7-16/h8-9,11,17H,1-7H2,(H,15,18). The van der Waals surface area contributed by atoms with Gasteiger partial charge in [0.25, 0.3) is 5.91 Å².